The highest BCUT2D eigenvalue weighted by atomic mass is 19.1. The van der Waals surface area contributed by atoms with Crippen LogP contribution in [0.25, 0.3) is 5.69 Å². The summed E-state index contributed by atoms with van der Waals surface area (Å²) in [7, 11) is 0. The van der Waals surface area contributed by atoms with Crippen molar-refractivity contribution in [2.75, 3.05) is 5.32 Å². The zero-order chi connectivity index (χ0) is 18.3. The number of fused-ring (bicyclic) bond motifs is 1. The Morgan fingerprint density at radius 1 is 1.08 bits per heavy atom. The van der Waals surface area contributed by atoms with E-state index >= 15 is 0 Å². The van der Waals surface area contributed by atoms with E-state index in [1.165, 1.54) is 17.7 Å². The molecule has 0 amide bonds. The van der Waals surface area contributed by atoms with E-state index in [2.05, 4.69) is 17.3 Å². The molecule has 0 spiro atoms. The van der Waals surface area contributed by atoms with Gasteiger partial charge in [-0.05, 0) is 55.7 Å². The molecule has 0 bridgehead atoms. The summed E-state index contributed by atoms with van der Waals surface area (Å²) in [5, 5.41) is 7.94. The van der Waals surface area contributed by atoms with Gasteiger partial charge in [-0.2, -0.15) is 0 Å². The Balaban J connectivity index is 1.81. The fourth-order valence-corrected chi connectivity index (χ4v) is 3.41. The van der Waals surface area contributed by atoms with Gasteiger partial charge in [0.2, 0.25) is 0 Å². The lowest BCUT2D eigenvalue weighted by atomic mass is 9.87. The van der Waals surface area contributed by atoms with Crippen molar-refractivity contribution >= 4 is 17.3 Å². The van der Waals surface area contributed by atoms with Crippen molar-refractivity contribution < 1.29 is 9.18 Å². The first-order valence-electron chi connectivity index (χ1n) is 8.76. The Bertz CT molecular complexity index is 958. The van der Waals surface area contributed by atoms with Gasteiger partial charge >= 0.3 is 0 Å². The van der Waals surface area contributed by atoms with Gasteiger partial charge in [0, 0.05) is 12.1 Å². The lowest BCUT2D eigenvalue weighted by Gasteiger charge is -2.19. The first-order chi connectivity index (χ1) is 12.5. The zero-order valence-corrected chi connectivity index (χ0v) is 14.8. The molecule has 1 heterocycles. The normalized spacial score (nSPS) is 16.4. The van der Waals surface area contributed by atoms with Crippen LogP contribution < -0.4 is 5.32 Å². The minimum Gasteiger partial charge on any atom is -0.338 e. The van der Waals surface area contributed by atoms with Gasteiger partial charge in [-0.15, -0.1) is 5.10 Å². The Hall–Kier alpha value is -2.95. The summed E-state index contributed by atoms with van der Waals surface area (Å²) >= 11 is 0. The summed E-state index contributed by atoms with van der Waals surface area (Å²) in [6.07, 6.45) is 1.28. The second-order valence-electron chi connectivity index (χ2n) is 6.99. The molecule has 2 aromatic carbocycles. The fraction of sp³-hybridized carbons (Fsp3) is 0.238. The molecule has 0 saturated heterocycles. The summed E-state index contributed by atoms with van der Waals surface area (Å²) in [4.78, 5) is 12.7. The van der Waals surface area contributed by atoms with E-state index in [4.69, 9.17) is 0 Å². The fourth-order valence-electron chi connectivity index (χ4n) is 3.41. The highest BCUT2D eigenvalue weighted by Gasteiger charge is 2.31. The van der Waals surface area contributed by atoms with Gasteiger partial charge in [0.05, 0.1) is 16.9 Å². The monoisotopic (exact) mass is 349 g/mol. The number of carbonyl (C=O) groups excluding carboxylic acids is 1. The summed E-state index contributed by atoms with van der Waals surface area (Å²) in [5.41, 5.74) is 4.33. The smallest absolute Gasteiger partial charge is 0.168 e. The summed E-state index contributed by atoms with van der Waals surface area (Å²) in [5.74, 6) is 0.627. The maximum atomic E-state index is 13.3. The molecule has 1 atom stereocenters. The van der Waals surface area contributed by atoms with Gasteiger partial charge in [-0.25, -0.2) is 9.07 Å². The molecule has 1 aliphatic rings. The molecular formula is C21H20FN3O. The molecule has 4 rings (SSSR count). The molecule has 0 radical (unpaired) electrons. The minimum atomic E-state index is -0.294. The van der Waals surface area contributed by atoms with Gasteiger partial charge in [-0.1, -0.05) is 24.6 Å². The van der Waals surface area contributed by atoms with E-state index < -0.39 is 0 Å². The molecule has 1 unspecified atom stereocenters. The van der Waals surface area contributed by atoms with Crippen LogP contribution in [0.2, 0.25) is 0 Å². The first kappa shape index (κ1) is 16.5. The molecule has 1 aromatic heterocycles. The second kappa shape index (κ2) is 6.41. The van der Waals surface area contributed by atoms with E-state index in [9.17, 15) is 9.18 Å². The Morgan fingerprint density at radius 3 is 2.46 bits per heavy atom. The van der Waals surface area contributed by atoms with Crippen molar-refractivity contribution in [1.82, 2.24) is 9.78 Å². The molecule has 3 aromatic rings. The van der Waals surface area contributed by atoms with E-state index in [0.29, 0.717) is 17.8 Å². The maximum Gasteiger partial charge on any atom is 0.168 e. The molecule has 0 aliphatic heterocycles. The van der Waals surface area contributed by atoms with Crippen molar-refractivity contribution in [1.29, 1.82) is 0 Å². The molecule has 132 valence electrons. The van der Waals surface area contributed by atoms with Crippen LogP contribution in [0, 0.1) is 18.7 Å². The van der Waals surface area contributed by atoms with Gasteiger partial charge in [0.1, 0.15) is 5.82 Å². The van der Waals surface area contributed by atoms with Crippen molar-refractivity contribution in [2.45, 2.75) is 26.7 Å². The maximum absolute atomic E-state index is 13.3. The van der Waals surface area contributed by atoms with Crippen LogP contribution in [-0.4, -0.2) is 15.6 Å². The van der Waals surface area contributed by atoms with Crippen LogP contribution in [0.15, 0.2) is 48.5 Å². The summed E-state index contributed by atoms with van der Waals surface area (Å²) in [6, 6.07) is 14.1. The number of aromatic nitrogens is 2. The van der Waals surface area contributed by atoms with Crippen molar-refractivity contribution in [3.63, 3.8) is 0 Å². The standard InChI is InChI=1S/C21H20FN3O/c1-13-3-7-16(8-4-13)23-21-20-18(11-14(2)12-19(20)26)25(24-21)17-9-5-15(22)6-10-17/h3-10,14H,11-12H2,1-2H3,(H,23,24). The van der Waals surface area contributed by atoms with Gasteiger partial charge in [0.25, 0.3) is 0 Å². The van der Waals surface area contributed by atoms with Crippen molar-refractivity contribution in [3.8, 4) is 5.69 Å². The summed E-state index contributed by atoms with van der Waals surface area (Å²) < 4.78 is 15.1. The Kier molecular flexibility index (Phi) is 4.07. The Morgan fingerprint density at radius 2 is 1.77 bits per heavy atom. The van der Waals surface area contributed by atoms with Gasteiger partial charge in [0.15, 0.2) is 11.6 Å². The molecule has 26 heavy (non-hydrogen) atoms. The predicted molar refractivity (Wildman–Crippen MR) is 99.8 cm³/mol. The van der Waals surface area contributed by atoms with Crippen LogP contribution in [0.1, 0.15) is 35.0 Å². The number of nitrogens with zero attached hydrogens (tertiary/aromatic N) is 2. The third kappa shape index (κ3) is 3.01. The highest BCUT2D eigenvalue weighted by molar-refractivity contribution is 6.03. The molecule has 4 nitrogen and oxygen atoms in total. The van der Waals surface area contributed by atoms with Crippen LogP contribution in [-0.2, 0) is 6.42 Å². The van der Waals surface area contributed by atoms with E-state index in [-0.39, 0.29) is 17.5 Å². The Labute approximate surface area is 151 Å². The van der Waals surface area contributed by atoms with E-state index in [0.717, 1.165) is 23.5 Å². The topological polar surface area (TPSA) is 46.9 Å². The average molecular weight is 349 g/mol. The SMILES string of the molecule is Cc1ccc(Nc2nn(-c3ccc(F)cc3)c3c2C(=O)CC(C)C3)cc1. The minimum absolute atomic E-state index is 0.0988. The number of ketones is 1. The molecule has 1 N–H and O–H groups in total. The van der Waals surface area contributed by atoms with Crippen LogP contribution in [0.3, 0.4) is 0 Å². The lowest BCUT2D eigenvalue weighted by Crippen LogP contribution is -2.19. The quantitative estimate of drug-likeness (QED) is 0.737. The largest absolute Gasteiger partial charge is 0.338 e. The number of aryl methyl sites for hydroxylation is 1. The van der Waals surface area contributed by atoms with Crippen LogP contribution >= 0.6 is 0 Å². The second-order valence-corrected chi connectivity index (χ2v) is 6.99. The van der Waals surface area contributed by atoms with E-state index in [1.807, 2.05) is 31.2 Å². The third-order valence-electron chi connectivity index (χ3n) is 4.72. The van der Waals surface area contributed by atoms with Crippen molar-refractivity contribution in [2.24, 2.45) is 5.92 Å². The molecule has 0 fully saturated rings. The number of rotatable bonds is 3. The molecule has 0 saturated carbocycles. The molecular weight excluding hydrogens is 329 g/mol. The average Bonchev–Trinajstić information content (AvgIpc) is 2.96. The number of nitrogens with one attached hydrogen (secondary N) is 1. The number of hydrogen-bond acceptors (Lipinski definition) is 3. The number of hydrogen-bond donors (Lipinski definition) is 1. The summed E-state index contributed by atoms with van der Waals surface area (Å²) in [6.45, 7) is 4.09. The molecule has 1 aliphatic carbocycles. The van der Waals surface area contributed by atoms with Crippen molar-refractivity contribution in [3.05, 3.63) is 71.2 Å². The van der Waals surface area contributed by atoms with Crippen LogP contribution in [0.5, 0.6) is 0 Å². The van der Waals surface area contributed by atoms with Gasteiger partial charge < -0.3 is 5.32 Å². The number of carbonyl (C=O) groups is 1. The van der Waals surface area contributed by atoms with Crippen LogP contribution in [0.4, 0.5) is 15.9 Å². The van der Waals surface area contributed by atoms with E-state index in [1.54, 1.807) is 16.8 Å². The third-order valence-corrected chi connectivity index (χ3v) is 4.72. The number of halogens is 1. The number of Topliss-reactive ketones (excluding diaryl/α,β-unsaturated/α-hetero) is 1. The number of benzene rings is 2. The highest BCUT2D eigenvalue weighted by Crippen LogP contribution is 2.33. The number of anilines is 2. The lowest BCUT2D eigenvalue weighted by molar-refractivity contribution is 0.0953. The molecule has 5 heteroatoms. The predicted octanol–water partition coefficient (Wildman–Crippen LogP) is 4.83. The zero-order valence-electron chi connectivity index (χ0n) is 14.8. The van der Waals surface area contributed by atoms with Gasteiger partial charge in [-0.3, -0.25) is 4.79 Å². The first-order valence-corrected chi connectivity index (χ1v) is 8.76.